The predicted molar refractivity (Wildman–Crippen MR) is 60.6 cm³/mol. The molecule has 0 bridgehead atoms. The molecule has 0 aliphatic carbocycles. The van der Waals surface area contributed by atoms with Crippen LogP contribution in [0.15, 0.2) is 18.2 Å². The SMILES string of the molecule is C[C@H](O)COc1ccc2c(c1)CCC(=O)N2. The van der Waals surface area contributed by atoms with Gasteiger partial charge in [0.25, 0.3) is 0 Å². The second-order valence-corrected chi connectivity index (χ2v) is 4.03. The van der Waals surface area contributed by atoms with E-state index in [2.05, 4.69) is 5.32 Å². The fraction of sp³-hybridized carbons (Fsp3) is 0.417. The molecule has 16 heavy (non-hydrogen) atoms. The summed E-state index contributed by atoms with van der Waals surface area (Å²) in [7, 11) is 0. The molecule has 1 amide bonds. The molecule has 0 unspecified atom stereocenters. The smallest absolute Gasteiger partial charge is 0.224 e. The van der Waals surface area contributed by atoms with E-state index in [0.29, 0.717) is 6.42 Å². The third kappa shape index (κ3) is 2.52. The highest BCUT2D eigenvalue weighted by Crippen LogP contribution is 2.26. The van der Waals surface area contributed by atoms with Crippen molar-refractivity contribution in [1.29, 1.82) is 0 Å². The first-order valence-electron chi connectivity index (χ1n) is 5.39. The Kier molecular flexibility index (Phi) is 3.10. The van der Waals surface area contributed by atoms with Crippen molar-refractivity contribution in [3.8, 4) is 5.75 Å². The molecule has 0 saturated carbocycles. The Morgan fingerprint density at radius 3 is 3.06 bits per heavy atom. The standard InChI is InChI=1S/C12H15NO3/c1-8(14)7-16-10-3-4-11-9(6-10)2-5-12(15)13-11/h3-4,6,8,14H,2,5,7H2,1H3,(H,13,15)/t8-/m0/s1. The Morgan fingerprint density at radius 2 is 2.31 bits per heavy atom. The third-order valence-electron chi connectivity index (χ3n) is 2.46. The van der Waals surface area contributed by atoms with Crippen LogP contribution in [0.3, 0.4) is 0 Å². The van der Waals surface area contributed by atoms with Gasteiger partial charge in [-0.25, -0.2) is 0 Å². The Balaban J connectivity index is 2.10. The van der Waals surface area contributed by atoms with E-state index in [-0.39, 0.29) is 12.5 Å². The summed E-state index contributed by atoms with van der Waals surface area (Å²) in [5.41, 5.74) is 1.95. The highest BCUT2D eigenvalue weighted by atomic mass is 16.5. The number of anilines is 1. The Hall–Kier alpha value is -1.55. The average molecular weight is 221 g/mol. The molecular formula is C12H15NO3. The van der Waals surface area contributed by atoms with Crippen LogP contribution in [-0.4, -0.2) is 23.7 Å². The van der Waals surface area contributed by atoms with Crippen LogP contribution in [0.5, 0.6) is 5.75 Å². The van der Waals surface area contributed by atoms with E-state index in [1.165, 1.54) is 0 Å². The highest BCUT2D eigenvalue weighted by molar-refractivity contribution is 5.93. The first-order chi connectivity index (χ1) is 7.65. The molecule has 2 N–H and O–H groups in total. The monoisotopic (exact) mass is 221 g/mol. The van der Waals surface area contributed by atoms with E-state index in [1.54, 1.807) is 13.0 Å². The van der Waals surface area contributed by atoms with Crippen molar-refractivity contribution >= 4 is 11.6 Å². The normalized spacial score (nSPS) is 16.2. The second-order valence-electron chi connectivity index (χ2n) is 4.03. The number of carbonyl (C=O) groups excluding carboxylic acids is 1. The van der Waals surface area contributed by atoms with Crippen molar-refractivity contribution in [2.75, 3.05) is 11.9 Å². The lowest BCUT2D eigenvalue weighted by Crippen LogP contribution is -2.19. The summed E-state index contributed by atoms with van der Waals surface area (Å²) in [5.74, 6) is 0.793. The minimum absolute atomic E-state index is 0.0603. The maximum atomic E-state index is 11.2. The van der Waals surface area contributed by atoms with Crippen LogP contribution >= 0.6 is 0 Å². The lowest BCUT2D eigenvalue weighted by atomic mass is 10.0. The fourth-order valence-corrected chi connectivity index (χ4v) is 1.67. The van der Waals surface area contributed by atoms with E-state index in [4.69, 9.17) is 9.84 Å². The van der Waals surface area contributed by atoms with Gasteiger partial charge in [0, 0.05) is 12.1 Å². The van der Waals surface area contributed by atoms with Gasteiger partial charge in [0.05, 0.1) is 6.10 Å². The van der Waals surface area contributed by atoms with Crippen molar-refractivity contribution in [3.63, 3.8) is 0 Å². The summed E-state index contributed by atoms with van der Waals surface area (Å²) in [4.78, 5) is 11.2. The zero-order valence-corrected chi connectivity index (χ0v) is 9.19. The molecule has 1 heterocycles. The molecule has 0 radical (unpaired) electrons. The lowest BCUT2D eigenvalue weighted by Gasteiger charge is -2.18. The average Bonchev–Trinajstić information content (AvgIpc) is 2.26. The number of hydrogen-bond donors (Lipinski definition) is 2. The third-order valence-corrected chi connectivity index (χ3v) is 2.46. The van der Waals surface area contributed by atoms with Gasteiger partial charge in [-0.15, -0.1) is 0 Å². The van der Waals surface area contributed by atoms with Gasteiger partial charge in [0.2, 0.25) is 5.91 Å². The van der Waals surface area contributed by atoms with Crippen LogP contribution in [-0.2, 0) is 11.2 Å². The number of benzene rings is 1. The lowest BCUT2D eigenvalue weighted by molar-refractivity contribution is -0.116. The number of aliphatic hydroxyl groups is 1. The van der Waals surface area contributed by atoms with Crippen molar-refractivity contribution in [2.45, 2.75) is 25.9 Å². The molecule has 0 spiro atoms. The predicted octanol–water partition coefficient (Wildman–Crippen LogP) is 1.33. The molecule has 1 aromatic rings. The van der Waals surface area contributed by atoms with Gasteiger partial charge in [0.15, 0.2) is 0 Å². The number of ether oxygens (including phenoxy) is 1. The first-order valence-corrected chi connectivity index (χ1v) is 5.39. The van der Waals surface area contributed by atoms with Crippen LogP contribution in [0.1, 0.15) is 18.9 Å². The topological polar surface area (TPSA) is 58.6 Å². The van der Waals surface area contributed by atoms with Crippen molar-refractivity contribution in [1.82, 2.24) is 0 Å². The molecule has 0 fully saturated rings. The maximum Gasteiger partial charge on any atom is 0.224 e. The summed E-state index contributed by atoms with van der Waals surface area (Å²) >= 11 is 0. The minimum atomic E-state index is -0.476. The van der Waals surface area contributed by atoms with E-state index in [0.717, 1.165) is 23.4 Å². The van der Waals surface area contributed by atoms with Gasteiger partial charge in [-0.05, 0) is 37.1 Å². The quantitative estimate of drug-likeness (QED) is 0.809. The zero-order chi connectivity index (χ0) is 11.5. The Morgan fingerprint density at radius 1 is 1.50 bits per heavy atom. The number of nitrogens with one attached hydrogen (secondary N) is 1. The molecule has 1 aromatic carbocycles. The molecule has 2 rings (SSSR count). The molecular weight excluding hydrogens is 206 g/mol. The van der Waals surface area contributed by atoms with Crippen molar-refractivity contribution in [3.05, 3.63) is 23.8 Å². The number of amides is 1. The largest absolute Gasteiger partial charge is 0.491 e. The van der Waals surface area contributed by atoms with Crippen molar-refractivity contribution in [2.24, 2.45) is 0 Å². The van der Waals surface area contributed by atoms with E-state index >= 15 is 0 Å². The second kappa shape index (κ2) is 4.53. The number of carbonyl (C=O) groups is 1. The Labute approximate surface area is 94.2 Å². The number of aliphatic hydroxyl groups excluding tert-OH is 1. The molecule has 4 nitrogen and oxygen atoms in total. The number of hydrogen-bond acceptors (Lipinski definition) is 3. The molecule has 1 aliphatic heterocycles. The molecule has 4 heteroatoms. The number of fused-ring (bicyclic) bond motifs is 1. The van der Waals surface area contributed by atoms with Gasteiger partial charge < -0.3 is 15.2 Å². The number of rotatable bonds is 3. The van der Waals surface area contributed by atoms with E-state index < -0.39 is 6.10 Å². The Bertz CT molecular complexity index is 401. The highest BCUT2D eigenvalue weighted by Gasteiger charge is 2.14. The van der Waals surface area contributed by atoms with E-state index in [1.807, 2.05) is 12.1 Å². The van der Waals surface area contributed by atoms with E-state index in [9.17, 15) is 4.79 Å². The van der Waals surface area contributed by atoms with Gasteiger partial charge in [-0.1, -0.05) is 0 Å². The van der Waals surface area contributed by atoms with Gasteiger partial charge >= 0.3 is 0 Å². The van der Waals surface area contributed by atoms with Crippen LogP contribution < -0.4 is 10.1 Å². The van der Waals surface area contributed by atoms with Crippen LogP contribution in [0.2, 0.25) is 0 Å². The molecule has 1 aliphatic rings. The minimum Gasteiger partial charge on any atom is -0.491 e. The van der Waals surface area contributed by atoms with Crippen LogP contribution in [0, 0.1) is 0 Å². The summed E-state index contributed by atoms with van der Waals surface area (Å²) in [5, 5.41) is 11.9. The molecule has 86 valence electrons. The number of aryl methyl sites for hydroxylation is 1. The molecule has 0 aromatic heterocycles. The van der Waals surface area contributed by atoms with Gasteiger partial charge in [-0.3, -0.25) is 4.79 Å². The maximum absolute atomic E-state index is 11.2. The van der Waals surface area contributed by atoms with Crippen molar-refractivity contribution < 1.29 is 14.6 Å². The molecule has 0 saturated heterocycles. The van der Waals surface area contributed by atoms with Crippen LogP contribution in [0.4, 0.5) is 5.69 Å². The van der Waals surface area contributed by atoms with Crippen LogP contribution in [0.25, 0.3) is 0 Å². The summed E-state index contributed by atoms with van der Waals surface area (Å²) in [6, 6.07) is 5.55. The van der Waals surface area contributed by atoms with Gasteiger partial charge in [-0.2, -0.15) is 0 Å². The fourth-order valence-electron chi connectivity index (χ4n) is 1.67. The van der Waals surface area contributed by atoms with Gasteiger partial charge in [0.1, 0.15) is 12.4 Å². The first kappa shape index (κ1) is 11.0. The summed E-state index contributed by atoms with van der Waals surface area (Å²) < 4.78 is 5.40. The zero-order valence-electron chi connectivity index (χ0n) is 9.19. The summed E-state index contributed by atoms with van der Waals surface area (Å²) in [6.45, 7) is 1.96. The molecule has 1 atom stereocenters. The summed E-state index contributed by atoms with van der Waals surface area (Å²) in [6.07, 6.45) is 0.788.